The van der Waals surface area contributed by atoms with Crippen LogP contribution in [0.15, 0.2) is 76.1 Å². The number of fused-ring (bicyclic) bond motifs is 5. The van der Waals surface area contributed by atoms with Gasteiger partial charge in [-0.2, -0.15) is 0 Å². The average Bonchev–Trinajstić information content (AvgIpc) is 2.84. The molecule has 166 valence electrons. The third-order valence-corrected chi connectivity index (χ3v) is 6.59. The van der Waals surface area contributed by atoms with E-state index in [0.29, 0.717) is 0 Å². The zero-order valence-electron chi connectivity index (χ0n) is 19.2. The van der Waals surface area contributed by atoms with Gasteiger partial charge >= 0.3 is 5.63 Å². The van der Waals surface area contributed by atoms with Crippen molar-refractivity contribution in [3.8, 4) is 0 Å². The first kappa shape index (κ1) is 22.3. The fourth-order valence-corrected chi connectivity index (χ4v) is 4.99. The Bertz CT molecular complexity index is 1200. The van der Waals surface area contributed by atoms with Gasteiger partial charge in [-0.1, -0.05) is 81.1 Å². The zero-order chi connectivity index (χ0) is 22.2. The largest absolute Gasteiger partial charge is 0.431 e. The van der Waals surface area contributed by atoms with E-state index in [-0.39, 0.29) is 5.63 Å². The summed E-state index contributed by atoms with van der Waals surface area (Å²) in [5, 5.41) is 5.93. The number of unbranched alkanes of at least 4 members (excludes halogenated alkanes) is 4. The van der Waals surface area contributed by atoms with Crippen molar-refractivity contribution in [1.82, 2.24) is 0 Å². The van der Waals surface area contributed by atoms with Gasteiger partial charge in [-0.25, -0.2) is 4.79 Å². The van der Waals surface area contributed by atoms with E-state index in [9.17, 15) is 4.79 Å². The molecule has 1 aliphatic carbocycles. The molecule has 1 heterocycles. The lowest BCUT2D eigenvalue weighted by Gasteiger charge is -2.21. The number of aryl methyl sites for hydroxylation is 3. The Morgan fingerprint density at radius 3 is 2.41 bits per heavy atom. The fraction of sp³-hybridized carbons (Fsp3) is 0.367. The van der Waals surface area contributed by atoms with Crippen molar-refractivity contribution in [2.45, 2.75) is 71.1 Å². The average molecular weight is 427 g/mol. The Balaban J connectivity index is 0.000000300. The Morgan fingerprint density at radius 1 is 0.812 bits per heavy atom. The molecular formula is C30H34O2. The minimum absolute atomic E-state index is 0.303. The summed E-state index contributed by atoms with van der Waals surface area (Å²) in [4.78, 5) is 10.1. The monoisotopic (exact) mass is 426 g/mol. The van der Waals surface area contributed by atoms with Crippen LogP contribution in [0.4, 0.5) is 0 Å². The SMILES string of the molecule is CCCCCCCc1cc2ccccc2c2ccc3c(c12)CCCC3.O=c1cccco1. The lowest BCUT2D eigenvalue weighted by Crippen LogP contribution is -2.05. The van der Waals surface area contributed by atoms with Crippen LogP contribution < -0.4 is 5.63 Å². The van der Waals surface area contributed by atoms with E-state index in [4.69, 9.17) is 0 Å². The van der Waals surface area contributed by atoms with Gasteiger partial charge in [0.15, 0.2) is 0 Å². The number of rotatable bonds is 6. The summed E-state index contributed by atoms with van der Waals surface area (Å²) in [6.45, 7) is 2.29. The summed E-state index contributed by atoms with van der Waals surface area (Å²) in [6, 6.07) is 20.9. The van der Waals surface area contributed by atoms with Crippen molar-refractivity contribution < 1.29 is 4.42 Å². The van der Waals surface area contributed by atoms with Gasteiger partial charge < -0.3 is 4.42 Å². The second-order valence-corrected chi connectivity index (χ2v) is 8.88. The Kier molecular flexibility index (Phi) is 7.77. The smallest absolute Gasteiger partial charge is 0.335 e. The van der Waals surface area contributed by atoms with E-state index >= 15 is 0 Å². The molecule has 0 radical (unpaired) electrons. The minimum Gasteiger partial charge on any atom is -0.431 e. The van der Waals surface area contributed by atoms with E-state index in [1.54, 1.807) is 34.2 Å². The lowest BCUT2D eigenvalue weighted by atomic mass is 9.83. The molecule has 0 atom stereocenters. The molecule has 0 amide bonds. The molecule has 2 nitrogen and oxygen atoms in total. The van der Waals surface area contributed by atoms with Crippen LogP contribution in [-0.4, -0.2) is 0 Å². The van der Waals surface area contributed by atoms with Crippen molar-refractivity contribution >= 4 is 21.5 Å². The molecule has 0 bridgehead atoms. The summed E-state index contributed by atoms with van der Waals surface area (Å²) < 4.78 is 4.37. The molecule has 2 heteroatoms. The fourth-order valence-electron chi connectivity index (χ4n) is 4.99. The quantitative estimate of drug-likeness (QED) is 0.231. The lowest BCUT2D eigenvalue weighted by molar-refractivity contribution is 0.511. The summed E-state index contributed by atoms with van der Waals surface area (Å²) >= 11 is 0. The summed E-state index contributed by atoms with van der Waals surface area (Å²) in [5.74, 6) is 0. The van der Waals surface area contributed by atoms with E-state index in [2.05, 4.69) is 53.8 Å². The maximum Gasteiger partial charge on any atom is 0.335 e. The van der Waals surface area contributed by atoms with Gasteiger partial charge in [0, 0.05) is 6.07 Å². The van der Waals surface area contributed by atoms with Crippen molar-refractivity contribution in [2.75, 3.05) is 0 Å². The molecule has 0 N–H and O–H groups in total. The molecule has 0 spiro atoms. The molecular weight excluding hydrogens is 392 g/mol. The predicted octanol–water partition coefficient (Wildman–Crippen LogP) is 8.02. The maximum absolute atomic E-state index is 10.1. The molecule has 1 aliphatic rings. The summed E-state index contributed by atoms with van der Waals surface area (Å²) in [5.41, 5.74) is 4.57. The van der Waals surface area contributed by atoms with E-state index < -0.39 is 0 Å². The van der Waals surface area contributed by atoms with Gasteiger partial charge in [-0.15, -0.1) is 0 Å². The van der Waals surface area contributed by atoms with E-state index in [1.807, 2.05) is 0 Å². The Labute approximate surface area is 191 Å². The van der Waals surface area contributed by atoms with E-state index in [1.165, 1.54) is 92.7 Å². The number of hydrogen-bond donors (Lipinski definition) is 0. The van der Waals surface area contributed by atoms with Gasteiger partial charge in [0.05, 0.1) is 6.26 Å². The molecule has 0 saturated heterocycles. The van der Waals surface area contributed by atoms with Crippen LogP contribution >= 0.6 is 0 Å². The highest BCUT2D eigenvalue weighted by Crippen LogP contribution is 2.36. The first-order valence-corrected chi connectivity index (χ1v) is 12.3. The molecule has 0 aliphatic heterocycles. The molecule has 1 aromatic heterocycles. The van der Waals surface area contributed by atoms with Gasteiger partial charge in [0.2, 0.25) is 0 Å². The van der Waals surface area contributed by atoms with Gasteiger partial charge in [0.1, 0.15) is 0 Å². The van der Waals surface area contributed by atoms with Gasteiger partial charge in [-0.05, 0) is 82.8 Å². The van der Waals surface area contributed by atoms with Gasteiger partial charge in [0.25, 0.3) is 0 Å². The van der Waals surface area contributed by atoms with Crippen LogP contribution in [0, 0.1) is 0 Å². The molecule has 0 unspecified atom stereocenters. The van der Waals surface area contributed by atoms with Crippen LogP contribution in [0.1, 0.15) is 68.6 Å². The standard InChI is InChI=1S/C25H30.C5H4O2/c1-2-3-4-5-6-13-21-18-20-12-8-9-14-22(20)24-17-16-19-11-7-10-15-23(19)25(21)24;6-5-3-1-2-4-7-5/h8-9,12,14,16-18H,2-7,10-11,13,15H2,1H3;1-4H. The first-order chi connectivity index (χ1) is 15.8. The van der Waals surface area contributed by atoms with Crippen LogP contribution in [0.5, 0.6) is 0 Å². The highest BCUT2D eigenvalue weighted by atomic mass is 16.4. The van der Waals surface area contributed by atoms with Crippen LogP contribution in [-0.2, 0) is 19.3 Å². The summed E-state index contributed by atoms with van der Waals surface area (Å²) in [6.07, 6.45) is 14.6. The van der Waals surface area contributed by atoms with E-state index in [0.717, 1.165) is 0 Å². The zero-order valence-corrected chi connectivity index (χ0v) is 19.2. The molecule has 3 aromatic carbocycles. The minimum atomic E-state index is -0.303. The predicted molar refractivity (Wildman–Crippen MR) is 136 cm³/mol. The third-order valence-electron chi connectivity index (χ3n) is 6.59. The molecule has 4 aromatic rings. The van der Waals surface area contributed by atoms with Crippen molar-refractivity contribution in [3.05, 3.63) is 94.0 Å². The molecule has 32 heavy (non-hydrogen) atoms. The second-order valence-electron chi connectivity index (χ2n) is 8.88. The first-order valence-electron chi connectivity index (χ1n) is 12.3. The van der Waals surface area contributed by atoms with Gasteiger partial charge in [-0.3, -0.25) is 0 Å². The summed E-state index contributed by atoms with van der Waals surface area (Å²) in [7, 11) is 0. The maximum atomic E-state index is 10.1. The Hall–Kier alpha value is -2.87. The topological polar surface area (TPSA) is 30.2 Å². The van der Waals surface area contributed by atoms with Crippen molar-refractivity contribution in [1.29, 1.82) is 0 Å². The number of hydrogen-bond acceptors (Lipinski definition) is 2. The molecule has 0 fully saturated rings. The van der Waals surface area contributed by atoms with Crippen LogP contribution in [0.2, 0.25) is 0 Å². The van der Waals surface area contributed by atoms with Crippen LogP contribution in [0.25, 0.3) is 21.5 Å². The third kappa shape index (κ3) is 5.30. The second kappa shape index (κ2) is 11.1. The molecule has 5 rings (SSSR count). The molecule has 0 saturated carbocycles. The normalized spacial score (nSPS) is 12.9. The van der Waals surface area contributed by atoms with Crippen LogP contribution in [0.3, 0.4) is 0 Å². The Morgan fingerprint density at radius 2 is 1.62 bits per heavy atom. The van der Waals surface area contributed by atoms with Crippen molar-refractivity contribution in [2.24, 2.45) is 0 Å². The highest BCUT2D eigenvalue weighted by molar-refractivity contribution is 6.10. The van der Waals surface area contributed by atoms with Crippen molar-refractivity contribution in [3.63, 3.8) is 0 Å². The highest BCUT2D eigenvalue weighted by Gasteiger charge is 2.16. The number of benzene rings is 3.